The third-order valence-electron chi connectivity index (χ3n) is 3.61. The first-order valence-electron chi connectivity index (χ1n) is 7.39. The van der Waals surface area contributed by atoms with E-state index in [9.17, 15) is 23.7 Å². The van der Waals surface area contributed by atoms with Crippen molar-refractivity contribution in [2.45, 2.75) is 31.5 Å². The van der Waals surface area contributed by atoms with E-state index in [2.05, 4.69) is 0 Å². The quantitative estimate of drug-likeness (QED) is 0.655. The minimum atomic E-state index is -3.83. The molecule has 0 aliphatic heterocycles. The largest absolute Gasteiger partial charge is 0.507 e. The van der Waals surface area contributed by atoms with Crippen LogP contribution in [0.25, 0.3) is 0 Å². The Hall–Kier alpha value is -1.93. The van der Waals surface area contributed by atoms with Gasteiger partial charge in [-0.2, -0.15) is 8.42 Å². The molecule has 0 heterocycles. The lowest BCUT2D eigenvalue weighted by Gasteiger charge is -2.11. The van der Waals surface area contributed by atoms with Crippen LogP contribution < -0.4 is 0 Å². The van der Waals surface area contributed by atoms with Gasteiger partial charge in [0.15, 0.2) is 0 Å². The lowest BCUT2D eigenvalue weighted by molar-refractivity contribution is 0.263. The van der Waals surface area contributed by atoms with Crippen LogP contribution in [0.15, 0.2) is 41.3 Å². The van der Waals surface area contributed by atoms with Gasteiger partial charge in [-0.3, -0.25) is 4.18 Å². The molecule has 24 heavy (non-hydrogen) atoms. The molecule has 0 unspecified atom stereocenters. The lowest BCUT2D eigenvalue weighted by atomic mass is 10.0. The Balaban J connectivity index is 2.07. The van der Waals surface area contributed by atoms with E-state index in [4.69, 9.17) is 4.18 Å². The highest BCUT2D eigenvalue weighted by Gasteiger charge is 2.15. The minimum absolute atomic E-state index is 0.0866. The zero-order chi connectivity index (χ0) is 17.7. The van der Waals surface area contributed by atoms with Crippen molar-refractivity contribution in [3.8, 4) is 5.75 Å². The SMILES string of the molecule is Cc1ccc(S(=O)(=O)OCCc2cc(CO)c(O)c(CO)c2)cc1. The zero-order valence-electron chi connectivity index (χ0n) is 13.3. The van der Waals surface area contributed by atoms with E-state index < -0.39 is 10.1 Å². The summed E-state index contributed by atoms with van der Waals surface area (Å²) in [5.41, 5.74) is 2.15. The number of aliphatic hydroxyl groups excluding tert-OH is 2. The zero-order valence-corrected chi connectivity index (χ0v) is 14.1. The average molecular weight is 352 g/mol. The molecule has 2 aromatic rings. The average Bonchev–Trinajstić information content (AvgIpc) is 2.56. The second kappa shape index (κ2) is 7.76. The van der Waals surface area contributed by atoms with Gasteiger partial charge in [0, 0.05) is 11.1 Å². The highest BCUT2D eigenvalue weighted by atomic mass is 32.2. The first-order chi connectivity index (χ1) is 11.4. The molecule has 2 rings (SSSR count). The second-order valence-electron chi connectivity index (χ2n) is 5.42. The number of aromatic hydroxyl groups is 1. The van der Waals surface area contributed by atoms with Crippen LogP contribution in [-0.4, -0.2) is 30.3 Å². The molecule has 7 heteroatoms. The maximum absolute atomic E-state index is 12.1. The number of aryl methyl sites for hydroxylation is 1. The molecule has 0 spiro atoms. The molecule has 0 saturated heterocycles. The molecule has 0 bridgehead atoms. The van der Waals surface area contributed by atoms with Crippen molar-refractivity contribution in [3.63, 3.8) is 0 Å². The first-order valence-corrected chi connectivity index (χ1v) is 8.79. The van der Waals surface area contributed by atoms with E-state index in [-0.39, 0.29) is 48.0 Å². The van der Waals surface area contributed by atoms with Crippen LogP contribution in [0.1, 0.15) is 22.3 Å². The molecule has 0 atom stereocenters. The van der Waals surface area contributed by atoms with Crippen molar-refractivity contribution >= 4 is 10.1 Å². The van der Waals surface area contributed by atoms with Crippen LogP contribution in [0.4, 0.5) is 0 Å². The Morgan fingerprint density at radius 1 is 1.00 bits per heavy atom. The van der Waals surface area contributed by atoms with Crippen LogP contribution in [-0.2, 0) is 33.9 Å². The molecule has 0 aliphatic carbocycles. The van der Waals surface area contributed by atoms with Gasteiger partial charge in [-0.25, -0.2) is 0 Å². The van der Waals surface area contributed by atoms with Gasteiger partial charge in [-0.1, -0.05) is 17.7 Å². The van der Waals surface area contributed by atoms with Gasteiger partial charge >= 0.3 is 0 Å². The molecule has 6 nitrogen and oxygen atoms in total. The van der Waals surface area contributed by atoms with Crippen molar-refractivity contribution < 1.29 is 27.9 Å². The number of hydrogen-bond donors (Lipinski definition) is 3. The predicted octanol–water partition coefficient (Wildman–Crippen LogP) is 1.63. The van der Waals surface area contributed by atoms with E-state index in [0.29, 0.717) is 5.56 Å². The normalized spacial score (nSPS) is 11.6. The fourth-order valence-corrected chi connectivity index (χ4v) is 3.17. The number of hydrogen-bond acceptors (Lipinski definition) is 6. The van der Waals surface area contributed by atoms with Gasteiger partial charge in [0.2, 0.25) is 0 Å². The molecular weight excluding hydrogens is 332 g/mol. The van der Waals surface area contributed by atoms with Gasteiger partial charge in [0.1, 0.15) is 5.75 Å². The predicted molar refractivity (Wildman–Crippen MR) is 88.0 cm³/mol. The molecule has 0 aromatic heterocycles. The van der Waals surface area contributed by atoms with Gasteiger partial charge in [-0.05, 0) is 43.2 Å². The summed E-state index contributed by atoms with van der Waals surface area (Å²) in [5.74, 6) is -0.156. The molecule has 3 N–H and O–H groups in total. The molecule has 2 aromatic carbocycles. The van der Waals surface area contributed by atoms with Crippen molar-refractivity contribution in [2.75, 3.05) is 6.61 Å². The second-order valence-corrected chi connectivity index (χ2v) is 7.03. The summed E-state index contributed by atoms with van der Waals surface area (Å²) in [7, 11) is -3.83. The molecule has 0 aliphatic rings. The summed E-state index contributed by atoms with van der Waals surface area (Å²) < 4.78 is 29.2. The van der Waals surface area contributed by atoms with Gasteiger partial charge in [0.05, 0.1) is 24.7 Å². The summed E-state index contributed by atoms with van der Waals surface area (Å²) in [6.07, 6.45) is 0.255. The Kier molecular flexibility index (Phi) is 5.95. The van der Waals surface area contributed by atoms with Crippen LogP contribution in [0.5, 0.6) is 5.75 Å². The maximum atomic E-state index is 12.1. The highest BCUT2D eigenvalue weighted by Crippen LogP contribution is 2.25. The third-order valence-corrected chi connectivity index (χ3v) is 4.93. The molecule has 0 saturated carbocycles. The van der Waals surface area contributed by atoms with E-state index in [0.717, 1.165) is 5.56 Å². The van der Waals surface area contributed by atoms with E-state index in [1.165, 1.54) is 12.1 Å². The topological polar surface area (TPSA) is 104 Å². The summed E-state index contributed by atoms with van der Waals surface area (Å²) in [4.78, 5) is 0.0888. The van der Waals surface area contributed by atoms with Crippen LogP contribution in [0.3, 0.4) is 0 Å². The van der Waals surface area contributed by atoms with Gasteiger partial charge in [0.25, 0.3) is 10.1 Å². The number of phenols is 1. The maximum Gasteiger partial charge on any atom is 0.296 e. The molecule has 130 valence electrons. The smallest absolute Gasteiger partial charge is 0.296 e. The number of aliphatic hydroxyl groups is 2. The van der Waals surface area contributed by atoms with E-state index in [1.807, 2.05) is 6.92 Å². The summed E-state index contributed by atoms with van der Waals surface area (Å²) >= 11 is 0. The fraction of sp³-hybridized carbons (Fsp3) is 0.294. The fourth-order valence-electron chi connectivity index (χ4n) is 2.26. The van der Waals surface area contributed by atoms with E-state index >= 15 is 0 Å². The monoisotopic (exact) mass is 352 g/mol. The lowest BCUT2D eigenvalue weighted by Crippen LogP contribution is -2.09. The van der Waals surface area contributed by atoms with Crippen LogP contribution in [0, 0.1) is 6.92 Å². The first kappa shape index (κ1) is 18.4. The number of benzene rings is 2. The summed E-state index contributed by atoms with van der Waals surface area (Å²) in [6.45, 7) is 1.01. The Bertz CT molecular complexity index is 771. The highest BCUT2D eigenvalue weighted by molar-refractivity contribution is 7.86. The summed E-state index contributed by atoms with van der Waals surface area (Å²) in [5, 5.41) is 28.2. The Morgan fingerprint density at radius 3 is 2.04 bits per heavy atom. The van der Waals surface area contributed by atoms with Crippen LogP contribution >= 0.6 is 0 Å². The van der Waals surface area contributed by atoms with Gasteiger partial charge < -0.3 is 15.3 Å². The molecular formula is C17H20O6S. The molecule has 0 amide bonds. The minimum Gasteiger partial charge on any atom is -0.507 e. The van der Waals surface area contributed by atoms with Gasteiger partial charge in [-0.15, -0.1) is 0 Å². The third kappa shape index (κ3) is 4.33. The van der Waals surface area contributed by atoms with Crippen molar-refractivity contribution in [1.82, 2.24) is 0 Å². The molecule has 0 fully saturated rings. The number of rotatable bonds is 7. The van der Waals surface area contributed by atoms with Crippen molar-refractivity contribution in [3.05, 3.63) is 58.7 Å². The molecule has 0 radical (unpaired) electrons. The Morgan fingerprint density at radius 2 is 1.54 bits per heavy atom. The summed E-state index contributed by atoms with van der Waals surface area (Å²) in [6, 6.07) is 9.46. The van der Waals surface area contributed by atoms with Crippen LogP contribution in [0.2, 0.25) is 0 Å². The van der Waals surface area contributed by atoms with E-state index in [1.54, 1.807) is 24.3 Å². The van der Waals surface area contributed by atoms with Crippen molar-refractivity contribution in [1.29, 1.82) is 0 Å². The van der Waals surface area contributed by atoms with Crippen molar-refractivity contribution in [2.24, 2.45) is 0 Å². The Labute approximate surface area is 141 Å². The standard InChI is InChI=1S/C17H20O6S/c1-12-2-4-16(5-3-12)24(21,22)23-7-6-13-8-14(10-18)17(20)15(9-13)11-19/h2-5,8-9,18-20H,6-7,10-11H2,1H3.